The molecule has 4 amide bonds. The lowest BCUT2D eigenvalue weighted by Gasteiger charge is -2.27. The maximum Gasteiger partial charge on any atom is 0.435 e. The van der Waals surface area contributed by atoms with Crippen molar-refractivity contribution >= 4 is 64.4 Å². The number of halogens is 2. The molecule has 0 heterocycles. The van der Waals surface area contributed by atoms with Gasteiger partial charge in [-0.05, 0) is 96.8 Å². The second-order valence-corrected chi connectivity index (χ2v) is 14.3. The molecule has 0 radical (unpaired) electrons. The van der Waals surface area contributed by atoms with Crippen molar-refractivity contribution in [3.05, 3.63) is 82.9 Å². The molecule has 0 spiro atoms. The van der Waals surface area contributed by atoms with Crippen LogP contribution in [0, 0.1) is 0 Å². The van der Waals surface area contributed by atoms with Crippen LogP contribution in [0.2, 0.25) is 10.0 Å². The number of amidine groups is 1. The number of ether oxygens (including phenoxy) is 3. The first-order chi connectivity index (χ1) is 24.8. The normalized spacial score (nSPS) is 11.9. The van der Waals surface area contributed by atoms with Gasteiger partial charge >= 0.3 is 12.2 Å². The van der Waals surface area contributed by atoms with Gasteiger partial charge in [0.1, 0.15) is 42.5 Å². The summed E-state index contributed by atoms with van der Waals surface area (Å²) in [5.41, 5.74) is -0.150. The molecule has 0 atom stereocenters. The van der Waals surface area contributed by atoms with Crippen molar-refractivity contribution in [2.24, 2.45) is 10.1 Å². The van der Waals surface area contributed by atoms with Crippen LogP contribution in [0.15, 0.2) is 71.9 Å². The molecular formula is C38H49Cl2N5O8. The van der Waals surface area contributed by atoms with Gasteiger partial charge < -0.3 is 29.7 Å². The maximum atomic E-state index is 13.4. The molecule has 2 aromatic carbocycles. The van der Waals surface area contributed by atoms with Crippen LogP contribution in [0.25, 0.3) is 0 Å². The van der Waals surface area contributed by atoms with Crippen molar-refractivity contribution in [3.8, 4) is 5.75 Å². The Morgan fingerprint density at radius 3 is 2.08 bits per heavy atom. The lowest BCUT2D eigenvalue weighted by atomic mass is 10.1. The molecule has 0 fully saturated rings. The van der Waals surface area contributed by atoms with Crippen LogP contribution < -0.4 is 15.4 Å². The van der Waals surface area contributed by atoms with Gasteiger partial charge in [-0.1, -0.05) is 47.1 Å². The van der Waals surface area contributed by atoms with E-state index in [-0.39, 0.29) is 54.1 Å². The number of hydrogen-bond donors (Lipinski definition) is 2. The number of anilines is 1. The van der Waals surface area contributed by atoms with Crippen LogP contribution in [-0.2, 0) is 30.3 Å². The molecule has 15 heteroatoms. The average molecular weight is 775 g/mol. The van der Waals surface area contributed by atoms with E-state index in [1.807, 2.05) is 0 Å². The number of carbonyl (C=O) groups excluding carboxylic acids is 4. The molecule has 0 bridgehead atoms. The second kappa shape index (κ2) is 21.0. The molecular weight excluding hydrogens is 725 g/mol. The van der Waals surface area contributed by atoms with Gasteiger partial charge in [-0.2, -0.15) is 4.99 Å². The summed E-state index contributed by atoms with van der Waals surface area (Å²) in [5, 5.41) is 9.57. The molecule has 2 N–H and O–H groups in total. The summed E-state index contributed by atoms with van der Waals surface area (Å²) in [6.07, 6.45) is 1.74. The molecule has 0 unspecified atom stereocenters. The zero-order valence-electron chi connectivity index (χ0n) is 31.3. The third-order valence-corrected chi connectivity index (χ3v) is 7.01. The van der Waals surface area contributed by atoms with Crippen LogP contribution in [0.1, 0.15) is 72.4 Å². The molecule has 2 aromatic rings. The Hall–Kier alpha value is -4.88. The molecule has 0 saturated carbocycles. The molecule has 288 valence electrons. The first-order valence-corrected chi connectivity index (χ1v) is 17.6. The summed E-state index contributed by atoms with van der Waals surface area (Å²) in [4.78, 5) is 62.5. The van der Waals surface area contributed by atoms with E-state index < -0.39 is 35.2 Å². The Bertz CT molecular complexity index is 1660. The summed E-state index contributed by atoms with van der Waals surface area (Å²) < 4.78 is 16.3. The van der Waals surface area contributed by atoms with Crippen molar-refractivity contribution in [1.82, 2.24) is 10.2 Å². The molecule has 0 aliphatic rings. The number of benzene rings is 2. The second-order valence-electron chi connectivity index (χ2n) is 13.5. The van der Waals surface area contributed by atoms with Crippen LogP contribution in [0.4, 0.5) is 15.3 Å². The van der Waals surface area contributed by atoms with E-state index in [1.54, 1.807) is 84.9 Å². The Morgan fingerprint density at radius 2 is 1.53 bits per heavy atom. The molecule has 0 saturated heterocycles. The molecule has 0 aliphatic carbocycles. The van der Waals surface area contributed by atoms with E-state index in [1.165, 1.54) is 17.0 Å². The number of aliphatic imine (C=N–C) groups is 1. The summed E-state index contributed by atoms with van der Waals surface area (Å²) >= 11 is 13.2. The number of nitrogens with zero attached hydrogens (tertiary/aromatic N) is 3. The third kappa shape index (κ3) is 17.0. The topological polar surface area (TPSA) is 157 Å². The van der Waals surface area contributed by atoms with Crippen LogP contribution >= 0.6 is 23.2 Å². The molecule has 0 aromatic heterocycles. The highest BCUT2D eigenvalue weighted by atomic mass is 35.5. The zero-order chi connectivity index (χ0) is 39.8. The maximum absolute atomic E-state index is 13.4. The summed E-state index contributed by atoms with van der Waals surface area (Å²) in [7, 11) is 0. The first-order valence-electron chi connectivity index (χ1n) is 16.8. The van der Waals surface area contributed by atoms with Gasteiger partial charge in [0.2, 0.25) is 11.8 Å². The molecule has 0 aliphatic heterocycles. The Morgan fingerprint density at radius 1 is 0.906 bits per heavy atom. The Balaban J connectivity index is 2.32. The number of carbonyl (C=O) groups is 4. The SMILES string of the molecule is C=CCCN(CC(=O)Nc1c(Cl)cc(CC(=NC(=O)OC(C)(C)C)NC(=O)CC(=NOCC)c2ccc(OCC=C)cc2)cc1Cl)C(=O)OC(C)(C)C. The third-order valence-electron chi connectivity index (χ3n) is 6.42. The Kier molecular flexibility index (Phi) is 17.5. The predicted octanol–water partition coefficient (Wildman–Crippen LogP) is 8.13. The fourth-order valence-corrected chi connectivity index (χ4v) is 4.92. The largest absolute Gasteiger partial charge is 0.490 e. The van der Waals surface area contributed by atoms with Crippen LogP contribution in [-0.4, -0.2) is 78.0 Å². The van der Waals surface area contributed by atoms with Gasteiger partial charge in [0.25, 0.3) is 0 Å². The number of rotatable bonds is 16. The van der Waals surface area contributed by atoms with Crippen molar-refractivity contribution in [2.75, 3.05) is 31.6 Å². The predicted molar refractivity (Wildman–Crippen MR) is 208 cm³/mol. The van der Waals surface area contributed by atoms with E-state index in [2.05, 4.69) is 33.9 Å². The van der Waals surface area contributed by atoms with E-state index in [9.17, 15) is 19.2 Å². The van der Waals surface area contributed by atoms with E-state index in [0.29, 0.717) is 35.6 Å². The standard InChI is InChI=1S/C38H49Cl2N5O8/c1-10-13-18-45(36(49)53-38(7,8)9)24-33(47)43-34-28(39)20-25(21-29(34)40)22-31(42-35(48)52-37(4,5)6)41-32(46)23-30(44-51-12-3)26-14-16-27(17-15-26)50-19-11-2/h10-11,14-17,20-21H,1-2,12-13,18-19,22-24H2,3-9H3,(H,43,47)(H,41,42,46,48). The lowest BCUT2D eigenvalue weighted by molar-refractivity contribution is -0.118. The average Bonchev–Trinajstić information content (AvgIpc) is 3.04. The minimum absolute atomic E-state index is 0.0605. The smallest absolute Gasteiger partial charge is 0.435 e. The molecule has 53 heavy (non-hydrogen) atoms. The monoisotopic (exact) mass is 773 g/mol. The van der Waals surface area contributed by atoms with Gasteiger partial charge in [-0.15, -0.1) is 6.58 Å². The number of nitrogens with one attached hydrogen (secondary N) is 2. The van der Waals surface area contributed by atoms with E-state index in [0.717, 1.165) is 0 Å². The molecule has 13 nitrogen and oxygen atoms in total. The van der Waals surface area contributed by atoms with Crippen molar-refractivity contribution in [1.29, 1.82) is 0 Å². The zero-order valence-corrected chi connectivity index (χ0v) is 32.9. The number of amides is 4. The van der Waals surface area contributed by atoms with E-state index >= 15 is 0 Å². The van der Waals surface area contributed by atoms with Crippen molar-refractivity contribution in [2.45, 2.75) is 78.9 Å². The highest BCUT2D eigenvalue weighted by Crippen LogP contribution is 2.32. The first kappa shape index (κ1) is 44.3. The highest BCUT2D eigenvalue weighted by molar-refractivity contribution is 6.40. The number of hydrogen-bond acceptors (Lipinski definition) is 9. The van der Waals surface area contributed by atoms with Gasteiger partial charge in [0.15, 0.2) is 0 Å². The van der Waals surface area contributed by atoms with Crippen LogP contribution in [0.5, 0.6) is 5.75 Å². The van der Waals surface area contributed by atoms with Crippen molar-refractivity contribution < 1.29 is 38.2 Å². The summed E-state index contributed by atoms with van der Waals surface area (Å²) in [5.74, 6) is -0.577. The lowest BCUT2D eigenvalue weighted by Crippen LogP contribution is -2.41. The van der Waals surface area contributed by atoms with Gasteiger partial charge in [-0.3, -0.25) is 14.5 Å². The summed E-state index contributed by atoms with van der Waals surface area (Å²) in [6, 6.07) is 9.93. The summed E-state index contributed by atoms with van der Waals surface area (Å²) in [6.45, 7) is 19.8. The highest BCUT2D eigenvalue weighted by Gasteiger charge is 2.25. The Labute approximate surface area is 321 Å². The quantitative estimate of drug-likeness (QED) is 0.0749. The van der Waals surface area contributed by atoms with E-state index in [4.69, 9.17) is 42.3 Å². The van der Waals surface area contributed by atoms with Crippen molar-refractivity contribution in [3.63, 3.8) is 0 Å². The van der Waals surface area contributed by atoms with Gasteiger partial charge in [-0.25, -0.2) is 9.59 Å². The fourth-order valence-electron chi connectivity index (χ4n) is 4.29. The van der Waals surface area contributed by atoms with Gasteiger partial charge in [0.05, 0.1) is 27.9 Å². The minimum atomic E-state index is -0.932. The fraction of sp³-hybridized carbons (Fsp3) is 0.421. The minimum Gasteiger partial charge on any atom is -0.490 e. The van der Waals surface area contributed by atoms with Gasteiger partial charge in [0, 0.05) is 18.5 Å². The molecule has 2 rings (SSSR count). The van der Waals surface area contributed by atoms with Crippen LogP contribution in [0.3, 0.4) is 0 Å². The number of oxime groups is 1.